The SMILES string of the molecule is CN1C(=O)Cc2c1nc1ccccc1c2N1CCC[C@@H](NC(=O)OC(C)(C)C)C1.N#Cc1ccccc1CBr.O=C(O)C(F)(F)F.[C-]#[N+]c1ccccc1Cn1c(=O)n(C)c2nc3ccccc3c(N3CCC[C@@H](N)C3)c21.[C-]#[N+]c1ccccc1Cn1c(=O)n(C)c2nc3ccccc3c(N3CCC[C@@H](NC(=O)OC(C)(C)C)C3)c21. The van der Waals surface area contributed by atoms with Crippen molar-refractivity contribution in [1.82, 2.24) is 43.9 Å². The van der Waals surface area contributed by atoms with Gasteiger partial charge in [0.05, 0.1) is 64.8 Å². The van der Waals surface area contributed by atoms with Crippen molar-refractivity contribution in [2.24, 2.45) is 19.8 Å². The maximum Gasteiger partial charge on any atom is 0.490 e. The Hall–Kier alpha value is -12.3. The first kappa shape index (κ1) is 83.6. The summed E-state index contributed by atoms with van der Waals surface area (Å²) in [5.41, 5.74) is 18.7. The van der Waals surface area contributed by atoms with Crippen molar-refractivity contribution in [3.63, 3.8) is 0 Å². The molecule has 598 valence electrons. The lowest BCUT2D eigenvalue weighted by Crippen LogP contribution is -2.49. The second kappa shape index (κ2) is 35.8. The van der Waals surface area contributed by atoms with Crippen LogP contribution in [-0.4, -0.2) is 144 Å². The smallest absolute Gasteiger partial charge is 0.475 e. The maximum atomic E-state index is 13.6. The van der Waals surface area contributed by atoms with E-state index in [1.54, 1.807) is 56.4 Å². The summed E-state index contributed by atoms with van der Waals surface area (Å²) in [5, 5.41) is 25.5. The monoisotopic (exact) mass is 1630 g/mol. The van der Waals surface area contributed by atoms with Crippen LogP contribution >= 0.6 is 15.9 Å². The van der Waals surface area contributed by atoms with Gasteiger partial charge < -0.3 is 45.6 Å². The minimum absolute atomic E-state index is 0.00369. The zero-order valence-corrected chi connectivity index (χ0v) is 67.1. The van der Waals surface area contributed by atoms with Crippen LogP contribution in [-0.2, 0) is 58.0 Å². The number of halogens is 4. The fraction of sp³-hybridized carbons (Fsp3) is 0.365. The van der Waals surface area contributed by atoms with Gasteiger partial charge >= 0.3 is 35.7 Å². The zero-order chi connectivity index (χ0) is 82.8. The quantitative estimate of drug-likeness (QED) is 0.0731. The molecule has 3 atom stereocenters. The molecule has 115 heavy (non-hydrogen) atoms. The Morgan fingerprint density at radius 1 is 0.583 bits per heavy atom. The van der Waals surface area contributed by atoms with Crippen LogP contribution in [0.1, 0.15) is 108 Å². The topological polar surface area (TPSA) is 295 Å². The van der Waals surface area contributed by atoms with Crippen molar-refractivity contribution >= 4 is 129 Å². The molecule has 0 spiro atoms. The lowest BCUT2D eigenvalue weighted by Gasteiger charge is -2.36. The van der Waals surface area contributed by atoms with E-state index in [0.29, 0.717) is 48.7 Å². The normalized spacial score (nSPS) is 16.1. The zero-order valence-electron chi connectivity index (χ0n) is 65.5. The molecule has 6 aromatic carbocycles. The van der Waals surface area contributed by atoms with Crippen LogP contribution in [0.2, 0.25) is 0 Å². The summed E-state index contributed by atoms with van der Waals surface area (Å²) in [6.07, 6.45) is 0.0396. The Morgan fingerprint density at radius 2 is 0.965 bits per heavy atom. The molecule has 4 aliphatic rings. The molecule has 0 bridgehead atoms. The number of imidazole rings is 2. The largest absolute Gasteiger partial charge is 0.490 e. The molecule has 0 radical (unpaired) electrons. The highest BCUT2D eigenvalue weighted by molar-refractivity contribution is 9.08. The van der Waals surface area contributed by atoms with E-state index in [1.807, 2.05) is 163 Å². The van der Waals surface area contributed by atoms with Crippen LogP contribution < -0.4 is 47.3 Å². The van der Waals surface area contributed by atoms with Gasteiger partial charge in [-0.3, -0.25) is 28.0 Å². The second-order valence-corrected chi connectivity index (χ2v) is 31.0. The van der Waals surface area contributed by atoms with E-state index in [1.165, 1.54) is 0 Å². The fourth-order valence-electron chi connectivity index (χ4n) is 14.7. The van der Waals surface area contributed by atoms with Crippen molar-refractivity contribution in [2.45, 2.75) is 140 Å². The van der Waals surface area contributed by atoms with Crippen molar-refractivity contribution in [1.29, 1.82) is 5.26 Å². The van der Waals surface area contributed by atoms with Gasteiger partial charge in [0.1, 0.15) is 28.1 Å². The third-order valence-electron chi connectivity index (χ3n) is 19.9. The van der Waals surface area contributed by atoms with Gasteiger partial charge in [-0.15, -0.1) is 0 Å². The van der Waals surface area contributed by atoms with Crippen LogP contribution in [0.3, 0.4) is 0 Å². The van der Waals surface area contributed by atoms with E-state index in [0.717, 1.165) is 164 Å². The maximum absolute atomic E-state index is 13.6. The van der Waals surface area contributed by atoms with Crippen molar-refractivity contribution < 1.29 is 46.9 Å². The Bertz CT molecular complexity index is 5750. The number of fused-ring (bicyclic) bond motifs is 6. The highest BCUT2D eigenvalue weighted by atomic mass is 79.9. The number of amides is 3. The van der Waals surface area contributed by atoms with Crippen molar-refractivity contribution in [2.75, 3.05) is 65.9 Å². The Balaban J connectivity index is 0.000000155. The van der Waals surface area contributed by atoms with Gasteiger partial charge in [-0.2, -0.15) is 18.4 Å². The number of aliphatic carboxylic acids is 1. The summed E-state index contributed by atoms with van der Waals surface area (Å²) in [5.74, 6) is -1.96. The predicted octanol–water partition coefficient (Wildman–Crippen LogP) is 14.7. The summed E-state index contributed by atoms with van der Waals surface area (Å²) in [4.78, 5) is 103. The number of nitrogens with one attached hydrogen (secondary N) is 2. The summed E-state index contributed by atoms with van der Waals surface area (Å²) in [6.45, 7) is 31.3. The molecular formula is C85H91BrF3N17O9. The first-order valence-corrected chi connectivity index (χ1v) is 38.8. The van der Waals surface area contributed by atoms with Gasteiger partial charge in [0.2, 0.25) is 5.91 Å². The summed E-state index contributed by atoms with van der Waals surface area (Å²) in [7, 11) is 5.27. The first-order chi connectivity index (χ1) is 54.8. The first-order valence-electron chi connectivity index (χ1n) is 37.7. The molecule has 3 amide bonds. The molecule has 11 aromatic rings. The third-order valence-corrected chi connectivity index (χ3v) is 20.5. The summed E-state index contributed by atoms with van der Waals surface area (Å²) >= 11 is 3.30. The molecule has 3 saturated heterocycles. The summed E-state index contributed by atoms with van der Waals surface area (Å²) < 4.78 is 49.3. The van der Waals surface area contributed by atoms with E-state index in [4.69, 9.17) is 58.5 Å². The number of alkyl halides is 4. The molecule has 30 heteroatoms. The third kappa shape index (κ3) is 19.5. The minimum atomic E-state index is -5.08. The number of carbonyl (C=O) groups excluding carboxylic acids is 3. The van der Waals surface area contributed by atoms with Gasteiger partial charge in [-0.05, 0) is 121 Å². The number of rotatable bonds is 10. The Morgan fingerprint density at radius 3 is 1.37 bits per heavy atom. The number of likely N-dealkylation sites (N-methyl/N-ethyl adjacent to an activating group) is 1. The van der Waals surface area contributed by atoms with Crippen LogP contribution in [0.15, 0.2) is 155 Å². The van der Waals surface area contributed by atoms with Gasteiger partial charge in [0.25, 0.3) is 0 Å². The van der Waals surface area contributed by atoms with Crippen molar-refractivity contribution in [3.8, 4) is 6.07 Å². The van der Waals surface area contributed by atoms with Crippen LogP contribution in [0.5, 0.6) is 0 Å². The standard InChI is InChI=1S/C29H32N6O3.C24H24N6O.C22H28N4O3.C8H6BrN.C2HF3O2/c1-29(2,3)38-27(36)31-20-12-10-16-34(18-20)24-21-13-7-9-15-23(21)32-26-25(24)35(28(37)33(26)5)17-19-11-6-8-14-22(19)30-4;1-26-19-11-5-3-8-16(19)14-30-22-21(29-13-7-9-17(25)15-29)18-10-4-6-12-20(18)27-23(22)28(2)24(30)31;1-22(2,3)29-21(28)23-14-8-7-11-26(13-14)19-15-9-5-6-10-17(15)24-20-16(19)12-18(27)25(20)4;9-5-7-3-1-2-4-8(7)6-10;3-2(4,5)1(6)7/h6-9,11,13-15,20H,10,12,16-18H2,1-3,5H3,(H,31,36);3-6,8,10-12,17H,7,9,13-15,25H2,2H3;5-6,9-10,14H,7-8,11-13H2,1-4H3,(H,23,28);1-4H,5H2;(H,6,7)/t20-;17-;14-;;/m111../s1. The number of anilines is 4. The number of hydrogen-bond donors (Lipinski definition) is 4. The van der Waals surface area contributed by atoms with Gasteiger partial charge in [-0.1, -0.05) is 137 Å². The number of benzene rings is 6. The van der Waals surface area contributed by atoms with E-state index < -0.39 is 29.4 Å². The number of aryl methyl sites for hydroxylation is 2. The summed E-state index contributed by atoms with van der Waals surface area (Å²) in [6, 6.07) is 48.4. The van der Waals surface area contributed by atoms with E-state index in [2.05, 4.69) is 69.2 Å². The van der Waals surface area contributed by atoms with Gasteiger partial charge in [0, 0.05) is 119 Å². The minimum Gasteiger partial charge on any atom is -0.475 e. The number of ether oxygens (including phenoxy) is 2. The molecule has 5 N–H and O–H groups in total. The number of para-hydroxylation sites is 5. The molecule has 5 aromatic heterocycles. The number of aromatic nitrogens is 7. The van der Waals surface area contributed by atoms with E-state index in [-0.39, 0.29) is 48.1 Å². The van der Waals surface area contributed by atoms with Gasteiger partial charge in [0.15, 0.2) is 22.7 Å². The van der Waals surface area contributed by atoms with E-state index >= 15 is 0 Å². The average Bonchev–Trinajstić information content (AvgIpc) is 1.60. The molecule has 15 rings (SSSR count). The Kier molecular flexibility index (Phi) is 26.0. The van der Waals surface area contributed by atoms with Crippen LogP contribution in [0, 0.1) is 24.5 Å². The number of nitriles is 1. The molecule has 4 aliphatic heterocycles. The molecule has 3 fully saturated rings. The lowest BCUT2D eigenvalue weighted by molar-refractivity contribution is -0.192. The van der Waals surface area contributed by atoms with E-state index in [9.17, 15) is 37.1 Å². The van der Waals surface area contributed by atoms with Gasteiger partial charge in [-0.25, -0.2) is 48.6 Å². The highest BCUT2D eigenvalue weighted by Crippen LogP contribution is 2.42. The number of nitrogens with zero attached hydrogens (tertiary/aromatic N) is 14. The predicted molar refractivity (Wildman–Crippen MR) is 444 cm³/mol. The number of pyridine rings is 3. The Labute approximate surface area is 671 Å². The highest BCUT2D eigenvalue weighted by Gasteiger charge is 2.39. The van der Waals surface area contributed by atoms with Crippen LogP contribution in [0.4, 0.5) is 57.0 Å². The van der Waals surface area contributed by atoms with Crippen LogP contribution in [0.25, 0.3) is 64.7 Å². The second-order valence-electron chi connectivity index (χ2n) is 30.5. The fourth-order valence-corrected chi connectivity index (χ4v) is 15.2. The molecular weight excluding hydrogens is 1540 g/mol. The molecule has 0 unspecified atom stereocenters. The van der Waals surface area contributed by atoms with Crippen molar-refractivity contribution in [3.05, 3.63) is 217 Å². The number of nitrogens with two attached hydrogens (primary N) is 1. The number of carboxylic acid groups (broad SMARTS) is 1. The number of piperidine rings is 3. The number of carbonyl (C=O) groups is 4. The number of hydrogen-bond acceptors (Lipinski definition) is 16. The molecule has 0 aliphatic carbocycles. The average molecular weight is 1630 g/mol. The number of alkyl carbamates (subject to hydrolysis) is 2. The molecule has 26 nitrogen and oxygen atoms in total. The number of carboxylic acids is 1. The molecule has 9 heterocycles. The lowest BCUT2D eigenvalue weighted by atomic mass is 10.0. The molecule has 0 saturated carbocycles.